The highest BCUT2D eigenvalue weighted by Crippen LogP contribution is 2.58. The number of carbonyl (C=O) groups is 2. The highest BCUT2D eigenvalue weighted by Gasteiger charge is 2.59. The van der Waals surface area contributed by atoms with Gasteiger partial charge in [0.2, 0.25) is 0 Å². The second-order valence-corrected chi connectivity index (χ2v) is 7.76. The summed E-state index contributed by atoms with van der Waals surface area (Å²) in [6.45, 7) is 0. The van der Waals surface area contributed by atoms with Crippen LogP contribution < -0.4 is 4.74 Å². The molecule has 30 heavy (non-hydrogen) atoms. The summed E-state index contributed by atoms with van der Waals surface area (Å²) in [7, 11) is 1.38. The molecule has 0 bridgehead atoms. The molecule has 0 aliphatic heterocycles. The number of benzene rings is 3. The lowest BCUT2D eigenvalue weighted by atomic mass is 9.52. The fraction of sp³-hybridized carbons (Fsp3) is 0.200. The van der Waals surface area contributed by atoms with Gasteiger partial charge < -0.3 is 9.47 Å². The van der Waals surface area contributed by atoms with E-state index in [-0.39, 0.29) is 23.8 Å². The van der Waals surface area contributed by atoms with E-state index in [0.717, 1.165) is 11.1 Å². The third kappa shape index (κ3) is 3.83. The second-order valence-electron chi connectivity index (χ2n) is 7.32. The molecule has 4 rings (SSSR count). The molecule has 1 saturated carbocycles. The summed E-state index contributed by atoms with van der Waals surface area (Å²) < 4.78 is 10.8. The standard InChI is InChI=1S/C25H21ClO4/c1-29-24(27)22-20(16-8-4-2-5-9-16)23(21(22)17-10-6-3-7-11-17)25(28)30-19-14-12-18(26)13-15-19/h2-15,20-23H,1H3. The average Bonchev–Trinajstić information content (AvgIpc) is 2.76. The van der Waals surface area contributed by atoms with Crippen molar-refractivity contribution in [2.75, 3.05) is 7.11 Å². The summed E-state index contributed by atoms with van der Waals surface area (Å²) in [6.07, 6.45) is 0. The molecule has 0 aromatic heterocycles. The SMILES string of the molecule is COC(=O)C1C(c2ccccc2)C(C(=O)Oc2ccc(Cl)cc2)C1c1ccccc1. The lowest BCUT2D eigenvalue weighted by Gasteiger charge is -2.49. The Balaban J connectivity index is 1.72. The molecule has 4 nitrogen and oxygen atoms in total. The molecule has 1 aliphatic carbocycles. The Morgan fingerprint density at radius 1 is 0.700 bits per heavy atom. The molecular formula is C25H21ClO4. The van der Waals surface area contributed by atoms with Crippen molar-refractivity contribution in [2.24, 2.45) is 11.8 Å². The van der Waals surface area contributed by atoms with Crippen molar-refractivity contribution in [1.82, 2.24) is 0 Å². The molecule has 0 spiro atoms. The minimum Gasteiger partial charge on any atom is -0.469 e. The molecule has 0 saturated heterocycles. The third-order valence-corrected chi connectivity index (χ3v) is 5.95. The van der Waals surface area contributed by atoms with Gasteiger partial charge in [-0.2, -0.15) is 0 Å². The Hall–Kier alpha value is -3.11. The quantitative estimate of drug-likeness (QED) is 0.419. The van der Waals surface area contributed by atoms with E-state index in [2.05, 4.69) is 0 Å². The van der Waals surface area contributed by atoms with Crippen LogP contribution in [0.3, 0.4) is 0 Å². The number of rotatable bonds is 5. The van der Waals surface area contributed by atoms with Crippen molar-refractivity contribution in [3.05, 3.63) is 101 Å². The zero-order chi connectivity index (χ0) is 21.1. The number of esters is 2. The van der Waals surface area contributed by atoms with Crippen LogP contribution in [0.5, 0.6) is 5.75 Å². The molecule has 3 aromatic rings. The maximum Gasteiger partial charge on any atom is 0.315 e. The molecule has 0 N–H and O–H groups in total. The number of halogens is 1. The van der Waals surface area contributed by atoms with Crippen LogP contribution in [0.25, 0.3) is 0 Å². The number of ether oxygens (including phenoxy) is 2. The highest BCUT2D eigenvalue weighted by molar-refractivity contribution is 6.30. The van der Waals surface area contributed by atoms with E-state index in [0.29, 0.717) is 10.8 Å². The first-order chi connectivity index (χ1) is 14.6. The summed E-state index contributed by atoms with van der Waals surface area (Å²) in [4.78, 5) is 26.0. The van der Waals surface area contributed by atoms with Crippen molar-refractivity contribution in [3.63, 3.8) is 0 Å². The molecule has 2 unspecified atom stereocenters. The Kier molecular flexibility index (Phi) is 5.86. The number of hydrogen-bond donors (Lipinski definition) is 0. The van der Waals surface area contributed by atoms with Gasteiger partial charge >= 0.3 is 11.9 Å². The molecule has 1 aliphatic rings. The average molecular weight is 421 g/mol. The smallest absolute Gasteiger partial charge is 0.315 e. The molecule has 3 aromatic carbocycles. The van der Waals surface area contributed by atoms with Crippen molar-refractivity contribution >= 4 is 23.5 Å². The molecule has 1 fully saturated rings. The van der Waals surface area contributed by atoms with Gasteiger partial charge in [-0.1, -0.05) is 72.3 Å². The second kappa shape index (κ2) is 8.72. The topological polar surface area (TPSA) is 52.6 Å². The monoisotopic (exact) mass is 420 g/mol. The largest absolute Gasteiger partial charge is 0.469 e. The van der Waals surface area contributed by atoms with Crippen LogP contribution >= 0.6 is 11.6 Å². The first-order valence-electron chi connectivity index (χ1n) is 9.75. The normalized spacial score (nSPS) is 22.6. The number of hydrogen-bond acceptors (Lipinski definition) is 4. The Labute approximate surface area is 180 Å². The van der Waals surface area contributed by atoms with E-state index < -0.39 is 11.8 Å². The van der Waals surface area contributed by atoms with Crippen molar-refractivity contribution < 1.29 is 19.1 Å². The zero-order valence-corrected chi connectivity index (χ0v) is 17.2. The minimum absolute atomic E-state index is 0.326. The molecule has 0 amide bonds. The van der Waals surface area contributed by atoms with E-state index in [4.69, 9.17) is 21.1 Å². The predicted octanol–water partition coefficient (Wildman–Crippen LogP) is 5.23. The Morgan fingerprint density at radius 3 is 1.63 bits per heavy atom. The summed E-state index contributed by atoms with van der Waals surface area (Å²) in [6, 6.07) is 25.8. The fourth-order valence-electron chi connectivity index (χ4n) is 4.34. The van der Waals surface area contributed by atoms with E-state index in [9.17, 15) is 9.59 Å². The fourth-order valence-corrected chi connectivity index (χ4v) is 4.46. The van der Waals surface area contributed by atoms with Gasteiger partial charge in [-0.3, -0.25) is 9.59 Å². The van der Waals surface area contributed by atoms with Crippen LogP contribution in [0.15, 0.2) is 84.9 Å². The molecule has 2 atom stereocenters. The van der Waals surface area contributed by atoms with E-state index in [1.165, 1.54) is 7.11 Å². The summed E-state index contributed by atoms with van der Waals surface area (Å²) in [5.74, 6) is -1.93. The van der Waals surface area contributed by atoms with Crippen LogP contribution in [-0.2, 0) is 14.3 Å². The van der Waals surface area contributed by atoms with Gasteiger partial charge in [0.15, 0.2) is 0 Å². The third-order valence-electron chi connectivity index (χ3n) is 5.69. The predicted molar refractivity (Wildman–Crippen MR) is 114 cm³/mol. The molecule has 0 radical (unpaired) electrons. The zero-order valence-electron chi connectivity index (χ0n) is 16.4. The molecule has 152 valence electrons. The maximum atomic E-state index is 13.3. The summed E-state index contributed by atoms with van der Waals surface area (Å²) in [5, 5.41) is 0.563. The van der Waals surface area contributed by atoms with Gasteiger partial charge in [0.1, 0.15) is 5.75 Å². The summed E-state index contributed by atoms with van der Waals surface area (Å²) >= 11 is 5.93. The van der Waals surface area contributed by atoms with Crippen LogP contribution in [0, 0.1) is 11.8 Å². The number of methoxy groups -OCH3 is 1. The molecule has 5 heteroatoms. The molecular weight excluding hydrogens is 400 g/mol. The molecule has 0 heterocycles. The van der Waals surface area contributed by atoms with Crippen LogP contribution in [0.2, 0.25) is 5.02 Å². The maximum absolute atomic E-state index is 13.3. The minimum atomic E-state index is -0.519. The first-order valence-corrected chi connectivity index (χ1v) is 10.1. The van der Waals surface area contributed by atoms with Gasteiger partial charge in [-0.25, -0.2) is 0 Å². The van der Waals surface area contributed by atoms with E-state index in [1.54, 1.807) is 24.3 Å². The van der Waals surface area contributed by atoms with Gasteiger partial charge in [0, 0.05) is 16.9 Å². The van der Waals surface area contributed by atoms with Crippen molar-refractivity contribution in [3.8, 4) is 5.75 Å². The summed E-state index contributed by atoms with van der Waals surface area (Å²) in [5.41, 5.74) is 1.83. The van der Waals surface area contributed by atoms with Crippen molar-refractivity contribution in [1.29, 1.82) is 0 Å². The lowest BCUT2D eigenvalue weighted by Crippen LogP contribution is -2.52. The highest BCUT2D eigenvalue weighted by atomic mass is 35.5. The van der Waals surface area contributed by atoms with Gasteiger partial charge in [0.25, 0.3) is 0 Å². The van der Waals surface area contributed by atoms with E-state index in [1.807, 2.05) is 60.7 Å². The number of carbonyl (C=O) groups excluding carboxylic acids is 2. The van der Waals surface area contributed by atoms with Crippen LogP contribution in [-0.4, -0.2) is 19.0 Å². The first kappa shape index (κ1) is 20.2. The van der Waals surface area contributed by atoms with Crippen molar-refractivity contribution in [2.45, 2.75) is 11.8 Å². The lowest BCUT2D eigenvalue weighted by molar-refractivity contribution is -0.160. The van der Waals surface area contributed by atoms with Gasteiger partial charge in [0.05, 0.1) is 18.9 Å². The Bertz CT molecular complexity index is 971. The Morgan fingerprint density at radius 2 is 1.17 bits per heavy atom. The van der Waals surface area contributed by atoms with Gasteiger partial charge in [-0.05, 0) is 35.4 Å². The van der Waals surface area contributed by atoms with Crippen LogP contribution in [0.1, 0.15) is 23.0 Å². The van der Waals surface area contributed by atoms with Crippen LogP contribution in [0.4, 0.5) is 0 Å². The van der Waals surface area contributed by atoms with Gasteiger partial charge in [-0.15, -0.1) is 0 Å². The van der Waals surface area contributed by atoms with E-state index >= 15 is 0 Å².